The van der Waals surface area contributed by atoms with Crippen LogP contribution in [0.25, 0.3) is 0 Å². The smallest absolute Gasteiger partial charge is 0.191 e. The van der Waals surface area contributed by atoms with Crippen LogP contribution in [0.3, 0.4) is 0 Å². The van der Waals surface area contributed by atoms with E-state index in [0.29, 0.717) is 12.0 Å². The predicted molar refractivity (Wildman–Crippen MR) is 112 cm³/mol. The van der Waals surface area contributed by atoms with Crippen molar-refractivity contribution in [1.29, 1.82) is 0 Å². The Morgan fingerprint density at radius 2 is 1.85 bits per heavy atom. The summed E-state index contributed by atoms with van der Waals surface area (Å²) in [4.78, 5) is 7.41. The number of ether oxygens (including phenoxy) is 1. The molecular formula is C22H34N4O. The molecule has 148 valence electrons. The molecule has 5 heteroatoms. The third kappa shape index (κ3) is 6.28. The van der Waals surface area contributed by atoms with Crippen LogP contribution >= 0.6 is 0 Å². The molecule has 27 heavy (non-hydrogen) atoms. The molecule has 1 heterocycles. The normalized spacial score (nSPS) is 19.4. The van der Waals surface area contributed by atoms with E-state index in [4.69, 9.17) is 9.73 Å². The van der Waals surface area contributed by atoms with Gasteiger partial charge in [-0.2, -0.15) is 0 Å². The van der Waals surface area contributed by atoms with Crippen LogP contribution in [0.1, 0.15) is 38.2 Å². The molecule has 0 radical (unpaired) electrons. The Labute approximate surface area is 163 Å². The zero-order valence-corrected chi connectivity index (χ0v) is 16.8. The zero-order valence-electron chi connectivity index (χ0n) is 16.8. The first-order valence-corrected chi connectivity index (χ1v) is 10.3. The Morgan fingerprint density at radius 3 is 2.48 bits per heavy atom. The molecule has 0 saturated carbocycles. The molecule has 2 aliphatic rings. The van der Waals surface area contributed by atoms with Crippen LogP contribution < -0.4 is 15.4 Å². The molecule has 1 aromatic carbocycles. The summed E-state index contributed by atoms with van der Waals surface area (Å²) in [7, 11) is 1.71. The van der Waals surface area contributed by atoms with Crippen molar-refractivity contribution in [3.05, 3.63) is 42.0 Å². The first kappa shape index (κ1) is 19.7. The van der Waals surface area contributed by atoms with Gasteiger partial charge in [-0.05, 0) is 69.3 Å². The van der Waals surface area contributed by atoms with Crippen molar-refractivity contribution in [2.75, 3.05) is 33.3 Å². The molecular weight excluding hydrogens is 336 g/mol. The summed E-state index contributed by atoms with van der Waals surface area (Å²) >= 11 is 0. The maximum atomic E-state index is 5.24. The molecule has 1 aliphatic heterocycles. The van der Waals surface area contributed by atoms with Crippen LogP contribution in [0, 0.1) is 5.92 Å². The van der Waals surface area contributed by atoms with Gasteiger partial charge in [-0.3, -0.25) is 9.89 Å². The molecule has 1 saturated heterocycles. The lowest BCUT2D eigenvalue weighted by Gasteiger charge is -2.31. The number of hydrogen-bond acceptors (Lipinski definition) is 3. The first-order valence-electron chi connectivity index (χ1n) is 10.3. The number of hydrogen-bond donors (Lipinski definition) is 2. The number of rotatable bonds is 7. The number of piperidine rings is 1. The number of nitrogens with one attached hydrogen (secondary N) is 2. The number of aliphatic imine (C=N–C) groups is 1. The Kier molecular flexibility index (Phi) is 7.57. The molecule has 5 nitrogen and oxygen atoms in total. The SMILES string of the molecule is CCNC(=NCC1CCN(Cc2ccc(OC)cc2)CC1)NC1CC=CC1. The molecule has 0 bridgehead atoms. The van der Waals surface area contributed by atoms with Gasteiger partial charge in [0.05, 0.1) is 7.11 Å². The van der Waals surface area contributed by atoms with E-state index in [1.54, 1.807) is 7.11 Å². The Bertz CT molecular complexity index is 610. The number of methoxy groups -OCH3 is 1. The maximum Gasteiger partial charge on any atom is 0.191 e. The lowest BCUT2D eigenvalue weighted by atomic mass is 9.96. The van der Waals surface area contributed by atoms with Crippen LogP contribution in [0.5, 0.6) is 5.75 Å². The number of nitrogens with zero attached hydrogens (tertiary/aromatic N) is 2. The van der Waals surface area contributed by atoms with Crippen molar-refractivity contribution in [1.82, 2.24) is 15.5 Å². The van der Waals surface area contributed by atoms with Gasteiger partial charge in [0.2, 0.25) is 0 Å². The van der Waals surface area contributed by atoms with Crippen LogP contribution in [0.15, 0.2) is 41.4 Å². The van der Waals surface area contributed by atoms with E-state index in [1.807, 2.05) is 12.1 Å². The summed E-state index contributed by atoms with van der Waals surface area (Å²) in [5.41, 5.74) is 1.36. The maximum absolute atomic E-state index is 5.24. The van der Waals surface area contributed by atoms with E-state index in [-0.39, 0.29) is 0 Å². The Morgan fingerprint density at radius 1 is 1.15 bits per heavy atom. The van der Waals surface area contributed by atoms with Crippen molar-refractivity contribution in [2.45, 2.75) is 45.2 Å². The molecule has 1 aliphatic carbocycles. The molecule has 0 aromatic heterocycles. The standard InChI is InChI=1S/C22H34N4O/c1-3-23-22(25-20-6-4-5-7-20)24-16-18-12-14-26(15-13-18)17-19-8-10-21(27-2)11-9-19/h4-5,8-11,18,20H,3,6-7,12-17H2,1-2H3,(H2,23,24,25). The van der Waals surface area contributed by atoms with Gasteiger partial charge in [0.15, 0.2) is 5.96 Å². The van der Waals surface area contributed by atoms with Crippen LogP contribution in [0.4, 0.5) is 0 Å². The van der Waals surface area contributed by atoms with E-state index in [9.17, 15) is 0 Å². The van der Waals surface area contributed by atoms with Crippen molar-refractivity contribution < 1.29 is 4.74 Å². The zero-order chi connectivity index (χ0) is 18.9. The highest BCUT2D eigenvalue weighted by Gasteiger charge is 2.19. The monoisotopic (exact) mass is 370 g/mol. The highest BCUT2D eigenvalue weighted by atomic mass is 16.5. The van der Waals surface area contributed by atoms with Crippen LogP contribution in [-0.4, -0.2) is 50.2 Å². The average Bonchev–Trinajstić information content (AvgIpc) is 3.21. The first-order chi connectivity index (χ1) is 13.3. The second kappa shape index (κ2) is 10.4. The predicted octanol–water partition coefficient (Wildman–Crippen LogP) is 3.18. The minimum absolute atomic E-state index is 0.508. The highest BCUT2D eigenvalue weighted by Crippen LogP contribution is 2.20. The average molecular weight is 371 g/mol. The van der Waals surface area contributed by atoms with Crippen molar-refractivity contribution in [3.63, 3.8) is 0 Å². The van der Waals surface area contributed by atoms with Gasteiger partial charge in [-0.1, -0.05) is 24.3 Å². The summed E-state index contributed by atoms with van der Waals surface area (Å²) < 4.78 is 5.24. The summed E-state index contributed by atoms with van der Waals surface area (Å²) in [5.74, 6) is 2.59. The Hall–Kier alpha value is -2.01. The van der Waals surface area contributed by atoms with Gasteiger partial charge >= 0.3 is 0 Å². The third-order valence-electron chi connectivity index (χ3n) is 5.47. The largest absolute Gasteiger partial charge is 0.497 e. The van der Waals surface area contributed by atoms with E-state index in [2.05, 4.69) is 46.7 Å². The molecule has 1 aromatic rings. The number of guanidine groups is 1. The lowest BCUT2D eigenvalue weighted by Crippen LogP contribution is -2.43. The van der Waals surface area contributed by atoms with Gasteiger partial charge < -0.3 is 15.4 Å². The van der Waals surface area contributed by atoms with E-state index in [1.165, 1.54) is 18.4 Å². The summed E-state index contributed by atoms with van der Waals surface area (Å²) in [5, 5.41) is 6.95. The van der Waals surface area contributed by atoms with Crippen molar-refractivity contribution >= 4 is 5.96 Å². The molecule has 0 unspecified atom stereocenters. The molecule has 0 atom stereocenters. The number of benzene rings is 1. The van der Waals surface area contributed by atoms with E-state index >= 15 is 0 Å². The minimum Gasteiger partial charge on any atom is -0.497 e. The number of likely N-dealkylation sites (tertiary alicyclic amines) is 1. The van der Waals surface area contributed by atoms with Gasteiger partial charge in [0.1, 0.15) is 5.75 Å². The molecule has 2 N–H and O–H groups in total. The fourth-order valence-electron chi connectivity index (χ4n) is 3.79. The minimum atomic E-state index is 0.508. The highest BCUT2D eigenvalue weighted by molar-refractivity contribution is 5.80. The summed E-state index contributed by atoms with van der Waals surface area (Å²) in [6.45, 7) is 7.30. The van der Waals surface area contributed by atoms with E-state index < -0.39 is 0 Å². The van der Waals surface area contributed by atoms with Gasteiger partial charge in [0.25, 0.3) is 0 Å². The van der Waals surface area contributed by atoms with Crippen LogP contribution in [0.2, 0.25) is 0 Å². The Balaban J connectivity index is 1.42. The van der Waals surface area contributed by atoms with Gasteiger partial charge in [0, 0.05) is 25.7 Å². The quantitative estimate of drug-likeness (QED) is 0.440. The van der Waals surface area contributed by atoms with Gasteiger partial charge in [-0.15, -0.1) is 0 Å². The van der Waals surface area contributed by atoms with E-state index in [0.717, 1.165) is 57.3 Å². The summed E-state index contributed by atoms with van der Waals surface area (Å²) in [6.07, 6.45) is 9.16. The van der Waals surface area contributed by atoms with Crippen LogP contribution in [-0.2, 0) is 6.54 Å². The van der Waals surface area contributed by atoms with Crippen molar-refractivity contribution in [3.8, 4) is 5.75 Å². The second-order valence-electron chi connectivity index (χ2n) is 7.57. The second-order valence-corrected chi connectivity index (χ2v) is 7.57. The molecule has 3 rings (SSSR count). The molecule has 0 spiro atoms. The fourth-order valence-corrected chi connectivity index (χ4v) is 3.79. The topological polar surface area (TPSA) is 48.9 Å². The van der Waals surface area contributed by atoms with Crippen molar-refractivity contribution in [2.24, 2.45) is 10.9 Å². The molecule has 0 amide bonds. The summed E-state index contributed by atoms with van der Waals surface area (Å²) in [6, 6.07) is 8.94. The third-order valence-corrected chi connectivity index (χ3v) is 5.47. The molecule has 1 fully saturated rings. The van der Waals surface area contributed by atoms with Gasteiger partial charge in [-0.25, -0.2) is 0 Å². The lowest BCUT2D eigenvalue weighted by molar-refractivity contribution is 0.180. The fraction of sp³-hybridized carbons (Fsp3) is 0.591.